The van der Waals surface area contributed by atoms with Gasteiger partial charge in [0.25, 0.3) is 0 Å². The number of hydrogen-bond acceptors (Lipinski definition) is 4. The van der Waals surface area contributed by atoms with E-state index in [0.29, 0.717) is 13.0 Å². The zero-order valence-electron chi connectivity index (χ0n) is 9.22. The maximum atomic E-state index is 8.35. The molecule has 0 aromatic heterocycles. The van der Waals surface area contributed by atoms with E-state index in [0.717, 1.165) is 17.1 Å². The van der Waals surface area contributed by atoms with Crippen LogP contribution in [0.15, 0.2) is 34.3 Å². The summed E-state index contributed by atoms with van der Waals surface area (Å²) >= 11 is 1.65. The van der Waals surface area contributed by atoms with Gasteiger partial charge in [0, 0.05) is 11.3 Å². The molecule has 0 saturated carbocycles. The van der Waals surface area contributed by atoms with Gasteiger partial charge in [-0.15, -0.1) is 11.8 Å². The fourth-order valence-electron chi connectivity index (χ4n) is 1.22. The van der Waals surface area contributed by atoms with Crippen molar-refractivity contribution in [3.63, 3.8) is 0 Å². The summed E-state index contributed by atoms with van der Waals surface area (Å²) in [6.45, 7) is 0.563. The SMILES string of the molecule is CSc1ccccc1OCCCC(N)=NO. The van der Waals surface area contributed by atoms with Gasteiger partial charge in [-0.05, 0) is 24.8 Å². The van der Waals surface area contributed by atoms with Gasteiger partial charge >= 0.3 is 0 Å². The molecule has 0 bridgehead atoms. The van der Waals surface area contributed by atoms with Gasteiger partial charge in [0.2, 0.25) is 0 Å². The van der Waals surface area contributed by atoms with E-state index in [2.05, 4.69) is 5.16 Å². The van der Waals surface area contributed by atoms with Crippen molar-refractivity contribution in [3.05, 3.63) is 24.3 Å². The van der Waals surface area contributed by atoms with Gasteiger partial charge < -0.3 is 15.7 Å². The average Bonchev–Trinajstić information content (AvgIpc) is 2.34. The van der Waals surface area contributed by atoms with Crippen LogP contribution in [0.2, 0.25) is 0 Å². The van der Waals surface area contributed by atoms with Crippen molar-refractivity contribution in [1.82, 2.24) is 0 Å². The van der Waals surface area contributed by atoms with E-state index in [4.69, 9.17) is 15.7 Å². The molecule has 0 heterocycles. The third kappa shape index (κ3) is 4.02. The fraction of sp³-hybridized carbons (Fsp3) is 0.364. The highest BCUT2D eigenvalue weighted by atomic mass is 32.2. The van der Waals surface area contributed by atoms with Gasteiger partial charge in [-0.25, -0.2) is 0 Å². The smallest absolute Gasteiger partial charge is 0.139 e. The lowest BCUT2D eigenvalue weighted by Gasteiger charge is -2.09. The minimum atomic E-state index is 0.238. The molecule has 0 spiro atoms. The van der Waals surface area contributed by atoms with Gasteiger partial charge in [0.15, 0.2) is 0 Å². The molecule has 0 saturated heterocycles. The number of thioether (sulfide) groups is 1. The zero-order chi connectivity index (χ0) is 11.8. The van der Waals surface area contributed by atoms with E-state index in [9.17, 15) is 0 Å². The molecule has 5 heteroatoms. The second-order valence-electron chi connectivity index (χ2n) is 3.19. The first-order valence-electron chi connectivity index (χ1n) is 5.00. The largest absolute Gasteiger partial charge is 0.492 e. The summed E-state index contributed by atoms with van der Waals surface area (Å²) in [5, 5.41) is 11.3. The quantitative estimate of drug-likeness (QED) is 0.200. The molecule has 1 aromatic rings. The molecule has 16 heavy (non-hydrogen) atoms. The highest BCUT2D eigenvalue weighted by Crippen LogP contribution is 2.26. The fourth-order valence-corrected chi connectivity index (χ4v) is 1.77. The maximum absolute atomic E-state index is 8.35. The third-order valence-electron chi connectivity index (χ3n) is 2.03. The lowest BCUT2D eigenvalue weighted by atomic mass is 10.3. The molecule has 0 radical (unpaired) electrons. The van der Waals surface area contributed by atoms with Crippen LogP contribution in [0, 0.1) is 0 Å². The topological polar surface area (TPSA) is 67.8 Å². The van der Waals surface area contributed by atoms with E-state index >= 15 is 0 Å². The number of benzene rings is 1. The second kappa shape index (κ2) is 7.00. The summed E-state index contributed by atoms with van der Waals surface area (Å²) in [7, 11) is 0. The molecule has 0 atom stereocenters. The Bertz CT molecular complexity index is 356. The number of ether oxygens (including phenoxy) is 1. The van der Waals surface area contributed by atoms with Crippen molar-refractivity contribution in [2.24, 2.45) is 10.9 Å². The number of hydrogen-bond donors (Lipinski definition) is 2. The number of oxime groups is 1. The molecule has 0 aliphatic rings. The summed E-state index contributed by atoms with van der Waals surface area (Å²) in [6.07, 6.45) is 3.29. The van der Waals surface area contributed by atoms with Crippen LogP contribution in [0.25, 0.3) is 0 Å². The number of rotatable bonds is 6. The third-order valence-corrected chi connectivity index (χ3v) is 2.81. The molecular weight excluding hydrogens is 224 g/mol. The Morgan fingerprint density at radius 3 is 2.94 bits per heavy atom. The summed E-state index contributed by atoms with van der Waals surface area (Å²) in [6, 6.07) is 7.88. The standard InChI is InChI=1S/C11H16N2O2S/c1-16-10-6-3-2-5-9(10)15-8-4-7-11(12)13-14/h2-3,5-6,14H,4,7-8H2,1H3,(H2,12,13). The van der Waals surface area contributed by atoms with Crippen LogP contribution in [-0.4, -0.2) is 23.9 Å². The molecule has 0 unspecified atom stereocenters. The van der Waals surface area contributed by atoms with Crippen molar-refractivity contribution >= 4 is 17.6 Å². The monoisotopic (exact) mass is 240 g/mol. The Kier molecular flexibility index (Phi) is 5.56. The first kappa shape index (κ1) is 12.7. The zero-order valence-corrected chi connectivity index (χ0v) is 10.0. The predicted octanol–water partition coefficient (Wildman–Crippen LogP) is 2.31. The maximum Gasteiger partial charge on any atom is 0.139 e. The first-order valence-corrected chi connectivity index (χ1v) is 6.22. The van der Waals surface area contributed by atoms with E-state index in [1.807, 2.05) is 30.5 Å². The van der Waals surface area contributed by atoms with Crippen molar-refractivity contribution in [2.45, 2.75) is 17.7 Å². The molecule has 0 fully saturated rings. The Balaban J connectivity index is 2.37. The molecule has 88 valence electrons. The van der Waals surface area contributed by atoms with Crippen LogP contribution < -0.4 is 10.5 Å². The molecular formula is C11H16N2O2S. The lowest BCUT2D eigenvalue weighted by molar-refractivity contribution is 0.301. The second-order valence-corrected chi connectivity index (χ2v) is 4.04. The Hall–Kier alpha value is -1.36. The summed E-state index contributed by atoms with van der Waals surface area (Å²) < 4.78 is 5.61. The van der Waals surface area contributed by atoms with E-state index in [1.165, 1.54) is 0 Å². The summed E-state index contributed by atoms with van der Waals surface area (Å²) in [4.78, 5) is 1.12. The number of nitrogens with zero attached hydrogens (tertiary/aromatic N) is 1. The Morgan fingerprint density at radius 1 is 1.50 bits per heavy atom. The lowest BCUT2D eigenvalue weighted by Crippen LogP contribution is -2.12. The molecule has 0 aliphatic heterocycles. The number of nitrogens with two attached hydrogens (primary N) is 1. The van der Waals surface area contributed by atoms with Crippen LogP contribution in [0.5, 0.6) is 5.75 Å². The molecule has 3 N–H and O–H groups in total. The van der Waals surface area contributed by atoms with Gasteiger partial charge in [0.05, 0.1) is 6.61 Å². The number of para-hydroxylation sites is 1. The van der Waals surface area contributed by atoms with E-state index in [-0.39, 0.29) is 5.84 Å². The Morgan fingerprint density at radius 2 is 2.25 bits per heavy atom. The van der Waals surface area contributed by atoms with Gasteiger partial charge in [-0.3, -0.25) is 0 Å². The van der Waals surface area contributed by atoms with Crippen LogP contribution in [0.1, 0.15) is 12.8 Å². The molecule has 1 aromatic carbocycles. The van der Waals surface area contributed by atoms with Gasteiger partial charge in [-0.2, -0.15) is 0 Å². The molecule has 4 nitrogen and oxygen atoms in total. The molecule has 0 aliphatic carbocycles. The van der Waals surface area contributed by atoms with Gasteiger partial charge in [0.1, 0.15) is 11.6 Å². The van der Waals surface area contributed by atoms with Crippen molar-refractivity contribution in [3.8, 4) is 5.75 Å². The van der Waals surface area contributed by atoms with E-state index < -0.39 is 0 Å². The van der Waals surface area contributed by atoms with Crippen molar-refractivity contribution in [2.75, 3.05) is 12.9 Å². The van der Waals surface area contributed by atoms with Crippen LogP contribution in [0.4, 0.5) is 0 Å². The van der Waals surface area contributed by atoms with Crippen LogP contribution in [0.3, 0.4) is 0 Å². The normalized spacial score (nSPS) is 11.4. The van der Waals surface area contributed by atoms with Crippen LogP contribution >= 0.6 is 11.8 Å². The molecule has 0 amide bonds. The van der Waals surface area contributed by atoms with Gasteiger partial charge in [-0.1, -0.05) is 17.3 Å². The Labute approximate surface area is 99.5 Å². The minimum Gasteiger partial charge on any atom is -0.492 e. The van der Waals surface area contributed by atoms with Crippen molar-refractivity contribution in [1.29, 1.82) is 0 Å². The summed E-state index contributed by atoms with van der Waals surface area (Å²) in [5.74, 6) is 1.12. The predicted molar refractivity (Wildman–Crippen MR) is 66.4 cm³/mol. The van der Waals surface area contributed by atoms with Crippen LogP contribution in [-0.2, 0) is 0 Å². The van der Waals surface area contributed by atoms with E-state index in [1.54, 1.807) is 11.8 Å². The summed E-state index contributed by atoms with van der Waals surface area (Å²) in [5.41, 5.74) is 5.35. The first-order chi connectivity index (χ1) is 7.77. The average molecular weight is 240 g/mol. The highest BCUT2D eigenvalue weighted by Gasteiger charge is 2.01. The van der Waals surface area contributed by atoms with Crippen molar-refractivity contribution < 1.29 is 9.94 Å². The molecule has 1 rings (SSSR count). The number of amidine groups is 1. The highest BCUT2D eigenvalue weighted by molar-refractivity contribution is 7.98. The minimum absolute atomic E-state index is 0.238.